The summed E-state index contributed by atoms with van der Waals surface area (Å²) in [7, 11) is 0. The fourth-order valence-corrected chi connectivity index (χ4v) is 2.19. The van der Waals surface area contributed by atoms with Gasteiger partial charge in [-0.05, 0) is 31.0 Å². The summed E-state index contributed by atoms with van der Waals surface area (Å²) in [5.41, 5.74) is 1.80. The molecule has 98 valence electrons. The van der Waals surface area contributed by atoms with Gasteiger partial charge in [-0.15, -0.1) is 10.2 Å². The van der Waals surface area contributed by atoms with Crippen molar-refractivity contribution >= 4 is 11.8 Å². The highest BCUT2D eigenvalue weighted by molar-refractivity contribution is 5.71. The number of H-pyrrole nitrogens is 1. The summed E-state index contributed by atoms with van der Waals surface area (Å²) in [5, 5.41) is 20.2. The molecule has 2 aromatic heterocycles. The Bertz CT molecular complexity index is 559. The van der Waals surface area contributed by atoms with Gasteiger partial charge in [-0.1, -0.05) is 0 Å². The monoisotopic (exact) mass is 258 g/mol. The normalized spacial score (nSPS) is 21.7. The summed E-state index contributed by atoms with van der Waals surface area (Å²) < 4.78 is 0. The zero-order valence-corrected chi connectivity index (χ0v) is 10.2. The van der Waals surface area contributed by atoms with Crippen LogP contribution >= 0.6 is 0 Å². The van der Waals surface area contributed by atoms with E-state index < -0.39 is 5.97 Å². The number of anilines is 1. The van der Waals surface area contributed by atoms with Crippen LogP contribution in [0, 0.1) is 5.92 Å². The van der Waals surface area contributed by atoms with E-state index in [9.17, 15) is 4.79 Å². The van der Waals surface area contributed by atoms with Gasteiger partial charge in [0.25, 0.3) is 0 Å². The van der Waals surface area contributed by atoms with Gasteiger partial charge in [0.15, 0.2) is 0 Å². The van der Waals surface area contributed by atoms with Crippen LogP contribution in [0.1, 0.15) is 12.8 Å². The first-order valence-electron chi connectivity index (χ1n) is 6.18. The predicted molar refractivity (Wildman–Crippen MR) is 69.6 cm³/mol. The molecule has 3 rings (SSSR count). The third-order valence-corrected chi connectivity index (χ3v) is 3.40. The van der Waals surface area contributed by atoms with Crippen LogP contribution < -0.4 is 5.32 Å². The number of carbonyl (C=O) groups is 1. The highest BCUT2D eigenvalue weighted by atomic mass is 16.4. The molecule has 0 spiro atoms. The molecule has 2 heterocycles. The SMILES string of the molecule is O=C(O)C1CC(Nc2ccc(-c3cc[nH]c3)nn2)C1. The molecule has 0 bridgehead atoms. The lowest BCUT2D eigenvalue weighted by Crippen LogP contribution is -2.39. The first-order chi connectivity index (χ1) is 9.22. The van der Waals surface area contributed by atoms with Crippen molar-refractivity contribution in [1.29, 1.82) is 0 Å². The number of hydrogen-bond acceptors (Lipinski definition) is 4. The summed E-state index contributed by atoms with van der Waals surface area (Å²) in [5.74, 6) is -0.246. The average Bonchev–Trinajstić information content (AvgIpc) is 2.87. The molecular formula is C13H14N4O2. The molecule has 0 radical (unpaired) electrons. The van der Waals surface area contributed by atoms with Crippen LogP contribution in [0.5, 0.6) is 0 Å². The molecule has 0 unspecified atom stereocenters. The van der Waals surface area contributed by atoms with Gasteiger partial charge in [0.05, 0.1) is 11.6 Å². The van der Waals surface area contributed by atoms with E-state index in [1.165, 1.54) is 0 Å². The topological polar surface area (TPSA) is 90.9 Å². The van der Waals surface area contributed by atoms with Crippen molar-refractivity contribution in [3.8, 4) is 11.3 Å². The molecule has 3 N–H and O–H groups in total. The summed E-state index contributed by atoms with van der Waals surface area (Å²) in [6, 6.07) is 5.88. The fraction of sp³-hybridized carbons (Fsp3) is 0.308. The Hall–Kier alpha value is -2.37. The zero-order chi connectivity index (χ0) is 13.2. The number of aromatic nitrogens is 3. The molecule has 0 aromatic carbocycles. The van der Waals surface area contributed by atoms with Crippen molar-refractivity contribution in [1.82, 2.24) is 15.2 Å². The van der Waals surface area contributed by atoms with Crippen molar-refractivity contribution in [2.75, 3.05) is 5.32 Å². The summed E-state index contributed by atoms with van der Waals surface area (Å²) in [6.07, 6.45) is 5.00. The zero-order valence-electron chi connectivity index (χ0n) is 10.2. The molecule has 1 aliphatic rings. The second-order valence-electron chi connectivity index (χ2n) is 4.75. The molecule has 0 saturated heterocycles. The van der Waals surface area contributed by atoms with Crippen molar-refractivity contribution < 1.29 is 9.90 Å². The number of carboxylic acid groups (broad SMARTS) is 1. The molecule has 6 heteroatoms. The van der Waals surface area contributed by atoms with Gasteiger partial charge in [-0.3, -0.25) is 4.79 Å². The van der Waals surface area contributed by atoms with Crippen LogP contribution in [-0.2, 0) is 4.79 Å². The third-order valence-electron chi connectivity index (χ3n) is 3.40. The van der Waals surface area contributed by atoms with Gasteiger partial charge in [-0.25, -0.2) is 0 Å². The van der Waals surface area contributed by atoms with Crippen LogP contribution in [0.2, 0.25) is 0 Å². The van der Waals surface area contributed by atoms with E-state index in [1.807, 2.05) is 30.6 Å². The number of aromatic amines is 1. The van der Waals surface area contributed by atoms with Crippen molar-refractivity contribution in [2.24, 2.45) is 5.92 Å². The smallest absolute Gasteiger partial charge is 0.306 e. The van der Waals surface area contributed by atoms with E-state index >= 15 is 0 Å². The van der Waals surface area contributed by atoms with E-state index in [2.05, 4.69) is 20.5 Å². The van der Waals surface area contributed by atoms with Crippen molar-refractivity contribution in [2.45, 2.75) is 18.9 Å². The van der Waals surface area contributed by atoms with Crippen LogP contribution in [0.25, 0.3) is 11.3 Å². The Labute approximate surface area is 109 Å². The minimum Gasteiger partial charge on any atom is -0.481 e. The maximum Gasteiger partial charge on any atom is 0.306 e. The van der Waals surface area contributed by atoms with Crippen molar-refractivity contribution in [3.63, 3.8) is 0 Å². The molecule has 19 heavy (non-hydrogen) atoms. The first kappa shape index (κ1) is 11.7. The number of nitrogens with zero attached hydrogens (tertiary/aromatic N) is 2. The second-order valence-corrected chi connectivity index (χ2v) is 4.75. The molecule has 0 atom stereocenters. The van der Waals surface area contributed by atoms with Crippen LogP contribution in [0.15, 0.2) is 30.6 Å². The summed E-state index contributed by atoms with van der Waals surface area (Å²) >= 11 is 0. The highest BCUT2D eigenvalue weighted by Crippen LogP contribution is 2.29. The summed E-state index contributed by atoms with van der Waals surface area (Å²) in [4.78, 5) is 13.7. The minimum absolute atomic E-state index is 0.188. The van der Waals surface area contributed by atoms with Gasteiger partial charge in [-0.2, -0.15) is 0 Å². The molecule has 1 saturated carbocycles. The molecule has 0 amide bonds. The standard InChI is InChI=1S/C13H14N4O2/c18-13(19)9-5-10(6-9)15-12-2-1-11(16-17-12)8-3-4-14-7-8/h1-4,7,9-10,14H,5-6H2,(H,15,17)(H,18,19). The quantitative estimate of drug-likeness (QED) is 0.777. The maximum absolute atomic E-state index is 10.7. The van der Waals surface area contributed by atoms with Crippen molar-refractivity contribution in [3.05, 3.63) is 30.6 Å². The van der Waals surface area contributed by atoms with E-state index in [-0.39, 0.29) is 12.0 Å². The van der Waals surface area contributed by atoms with Gasteiger partial charge >= 0.3 is 5.97 Å². The molecule has 6 nitrogen and oxygen atoms in total. The molecule has 2 aromatic rings. The molecular weight excluding hydrogens is 244 g/mol. The third kappa shape index (κ3) is 2.42. The Balaban J connectivity index is 1.60. The number of carboxylic acids is 1. The van der Waals surface area contributed by atoms with Crippen LogP contribution in [0.3, 0.4) is 0 Å². The van der Waals surface area contributed by atoms with Gasteiger partial charge in [0.2, 0.25) is 0 Å². The van der Waals surface area contributed by atoms with E-state index in [1.54, 1.807) is 0 Å². The van der Waals surface area contributed by atoms with Crippen LogP contribution in [0.4, 0.5) is 5.82 Å². The fourth-order valence-electron chi connectivity index (χ4n) is 2.19. The highest BCUT2D eigenvalue weighted by Gasteiger charge is 2.34. The number of hydrogen-bond donors (Lipinski definition) is 3. The first-order valence-corrected chi connectivity index (χ1v) is 6.18. The lowest BCUT2D eigenvalue weighted by Gasteiger charge is -2.33. The lowest BCUT2D eigenvalue weighted by atomic mass is 9.80. The van der Waals surface area contributed by atoms with Gasteiger partial charge < -0.3 is 15.4 Å². The summed E-state index contributed by atoms with van der Waals surface area (Å²) in [6.45, 7) is 0. The van der Waals surface area contributed by atoms with E-state index in [0.717, 1.165) is 11.3 Å². The lowest BCUT2D eigenvalue weighted by molar-refractivity contribution is -0.144. The predicted octanol–water partition coefficient (Wildman–Crippen LogP) is 1.75. The maximum atomic E-state index is 10.7. The largest absolute Gasteiger partial charge is 0.481 e. The Morgan fingerprint density at radius 1 is 1.32 bits per heavy atom. The molecule has 1 aliphatic carbocycles. The van der Waals surface area contributed by atoms with Gasteiger partial charge in [0.1, 0.15) is 5.82 Å². The number of rotatable bonds is 4. The van der Waals surface area contributed by atoms with Crippen LogP contribution in [-0.4, -0.2) is 32.3 Å². The molecule has 1 fully saturated rings. The Morgan fingerprint density at radius 2 is 2.16 bits per heavy atom. The number of nitrogens with one attached hydrogen (secondary N) is 2. The average molecular weight is 258 g/mol. The minimum atomic E-state index is -0.716. The van der Waals surface area contributed by atoms with Gasteiger partial charge in [0, 0.05) is 24.0 Å². The second kappa shape index (κ2) is 4.72. The Kier molecular flexibility index (Phi) is 2.91. The van der Waals surface area contributed by atoms with E-state index in [0.29, 0.717) is 18.7 Å². The number of aliphatic carboxylic acids is 1. The van der Waals surface area contributed by atoms with E-state index in [4.69, 9.17) is 5.11 Å². The molecule has 0 aliphatic heterocycles. The Morgan fingerprint density at radius 3 is 2.74 bits per heavy atom.